The van der Waals surface area contributed by atoms with E-state index in [9.17, 15) is 4.79 Å². The highest BCUT2D eigenvalue weighted by atomic mass is 16.5. The quantitative estimate of drug-likeness (QED) is 0.689. The first-order valence-corrected chi connectivity index (χ1v) is 5.54. The Hall–Kier alpha value is -0.570. The van der Waals surface area contributed by atoms with Crippen LogP contribution in [0.5, 0.6) is 0 Å². The minimum atomic E-state index is 0.313. The molecule has 0 aromatic carbocycles. The van der Waals surface area contributed by atoms with Gasteiger partial charge in [-0.25, -0.2) is 0 Å². The topological polar surface area (TPSA) is 29.5 Å². The van der Waals surface area contributed by atoms with Gasteiger partial charge in [0.25, 0.3) is 0 Å². The Morgan fingerprint density at radius 3 is 3.00 bits per heavy atom. The number of carbonyl (C=O) groups excluding carboxylic acids is 1. The third-order valence-electron chi connectivity index (χ3n) is 2.74. The largest absolute Gasteiger partial charge is 0.384 e. The number of rotatable bonds is 4. The van der Waals surface area contributed by atoms with Crippen LogP contribution in [-0.2, 0) is 9.53 Å². The Morgan fingerprint density at radius 1 is 1.57 bits per heavy atom. The van der Waals surface area contributed by atoms with Gasteiger partial charge in [0.2, 0.25) is 5.91 Å². The van der Waals surface area contributed by atoms with Crippen LogP contribution in [0.4, 0.5) is 0 Å². The average molecular weight is 199 g/mol. The second-order valence-corrected chi connectivity index (χ2v) is 4.05. The maximum atomic E-state index is 11.6. The standard InChI is InChI=1S/C11H21NO2/c1-3-5-11(13)12-7-4-6-10(8-12)9-14-2/h10H,3-9H2,1-2H3. The molecule has 0 spiro atoms. The van der Waals surface area contributed by atoms with E-state index in [4.69, 9.17) is 4.74 Å². The van der Waals surface area contributed by atoms with Gasteiger partial charge in [0, 0.05) is 26.6 Å². The number of hydrogen-bond acceptors (Lipinski definition) is 2. The molecule has 1 aliphatic heterocycles. The summed E-state index contributed by atoms with van der Waals surface area (Å²) in [4.78, 5) is 13.6. The predicted molar refractivity (Wildman–Crippen MR) is 56.1 cm³/mol. The van der Waals surface area contributed by atoms with E-state index in [1.54, 1.807) is 7.11 Å². The van der Waals surface area contributed by atoms with Gasteiger partial charge in [-0.15, -0.1) is 0 Å². The number of piperidine rings is 1. The number of ether oxygens (including phenoxy) is 1. The van der Waals surface area contributed by atoms with Gasteiger partial charge < -0.3 is 9.64 Å². The molecule has 0 bridgehead atoms. The van der Waals surface area contributed by atoms with Crippen LogP contribution < -0.4 is 0 Å². The molecule has 1 heterocycles. The third-order valence-corrected chi connectivity index (χ3v) is 2.74. The van der Waals surface area contributed by atoms with Crippen molar-refractivity contribution in [2.45, 2.75) is 32.6 Å². The summed E-state index contributed by atoms with van der Waals surface area (Å²) >= 11 is 0. The lowest BCUT2D eigenvalue weighted by atomic mass is 9.98. The maximum absolute atomic E-state index is 11.6. The van der Waals surface area contributed by atoms with E-state index in [1.165, 1.54) is 6.42 Å². The summed E-state index contributed by atoms with van der Waals surface area (Å²) in [5, 5.41) is 0. The summed E-state index contributed by atoms with van der Waals surface area (Å²) in [6.07, 6.45) is 3.97. The molecule has 1 fully saturated rings. The summed E-state index contributed by atoms with van der Waals surface area (Å²) in [7, 11) is 1.73. The highest BCUT2D eigenvalue weighted by Gasteiger charge is 2.22. The molecule has 1 atom stereocenters. The van der Waals surface area contributed by atoms with E-state index < -0.39 is 0 Å². The van der Waals surface area contributed by atoms with Gasteiger partial charge in [0.1, 0.15) is 0 Å². The maximum Gasteiger partial charge on any atom is 0.222 e. The van der Waals surface area contributed by atoms with Crippen molar-refractivity contribution in [3.05, 3.63) is 0 Å². The van der Waals surface area contributed by atoms with E-state index in [-0.39, 0.29) is 0 Å². The summed E-state index contributed by atoms with van der Waals surface area (Å²) in [6.45, 7) is 4.68. The fourth-order valence-corrected chi connectivity index (χ4v) is 2.04. The third kappa shape index (κ3) is 3.29. The molecule has 82 valence electrons. The fraction of sp³-hybridized carbons (Fsp3) is 0.909. The summed E-state index contributed by atoms with van der Waals surface area (Å²) in [5.41, 5.74) is 0. The molecule has 0 aliphatic carbocycles. The van der Waals surface area contributed by atoms with Crippen LogP contribution in [0, 0.1) is 5.92 Å². The fourth-order valence-electron chi connectivity index (χ4n) is 2.04. The number of nitrogens with zero attached hydrogens (tertiary/aromatic N) is 1. The van der Waals surface area contributed by atoms with Crippen molar-refractivity contribution >= 4 is 5.91 Å². The number of likely N-dealkylation sites (tertiary alicyclic amines) is 1. The lowest BCUT2D eigenvalue weighted by Gasteiger charge is -2.32. The molecule has 3 nitrogen and oxygen atoms in total. The zero-order chi connectivity index (χ0) is 10.4. The van der Waals surface area contributed by atoms with Crippen molar-refractivity contribution in [3.63, 3.8) is 0 Å². The van der Waals surface area contributed by atoms with Gasteiger partial charge in [-0.1, -0.05) is 6.92 Å². The Bertz CT molecular complexity index is 180. The van der Waals surface area contributed by atoms with Crippen LogP contribution in [0.15, 0.2) is 0 Å². The second kappa shape index (κ2) is 6.02. The monoisotopic (exact) mass is 199 g/mol. The Labute approximate surface area is 86.4 Å². The molecular weight excluding hydrogens is 178 g/mol. The SMILES string of the molecule is CCCC(=O)N1CCCC(COC)C1. The molecule has 0 N–H and O–H groups in total. The first kappa shape index (κ1) is 11.5. The van der Waals surface area contributed by atoms with Crippen molar-refractivity contribution in [2.24, 2.45) is 5.92 Å². The van der Waals surface area contributed by atoms with Crippen LogP contribution in [0.2, 0.25) is 0 Å². The zero-order valence-electron chi connectivity index (χ0n) is 9.29. The van der Waals surface area contributed by atoms with Gasteiger partial charge >= 0.3 is 0 Å². The molecule has 1 amide bonds. The molecule has 0 saturated carbocycles. The van der Waals surface area contributed by atoms with E-state index in [0.717, 1.165) is 32.5 Å². The van der Waals surface area contributed by atoms with Gasteiger partial charge in [-0.2, -0.15) is 0 Å². The molecular formula is C11H21NO2. The average Bonchev–Trinajstić information content (AvgIpc) is 2.19. The zero-order valence-corrected chi connectivity index (χ0v) is 9.29. The molecule has 1 unspecified atom stereocenters. The number of hydrogen-bond donors (Lipinski definition) is 0. The van der Waals surface area contributed by atoms with Crippen molar-refractivity contribution < 1.29 is 9.53 Å². The second-order valence-electron chi connectivity index (χ2n) is 4.05. The van der Waals surface area contributed by atoms with Gasteiger partial charge in [0.05, 0.1) is 6.61 Å². The van der Waals surface area contributed by atoms with Gasteiger partial charge in [-0.3, -0.25) is 4.79 Å². The first-order chi connectivity index (χ1) is 6.77. The van der Waals surface area contributed by atoms with Crippen molar-refractivity contribution in [1.29, 1.82) is 0 Å². The van der Waals surface area contributed by atoms with Crippen LogP contribution >= 0.6 is 0 Å². The molecule has 1 saturated heterocycles. The predicted octanol–water partition coefficient (Wildman–Crippen LogP) is 1.67. The molecule has 0 aromatic rings. The molecule has 14 heavy (non-hydrogen) atoms. The van der Waals surface area contributed by atoms with Crippen LogP contribution in [-0.4, -0.2) is 37.6 Å². The summed E-state index contributed by atoms with van der Waals surface area (Å²) < 4.78 is 5.13. The highest BCUT2D eigenvalue weighted by molar-refractivity contribution is 5.76. The van der Waals surface area contributed by atoms with Crippen molar-refractivity contribution in [1.82, 2.24) is 4.90 Å². The van der Waals surface area contributed by atoms with Gasteiger partial charge in [-0.05, 0) is 25.2 Å². The Kier molecular flexibility index (Phi) is 4.94. The number of carbonyl (C=O) groups is 1. The van der Waals surface area contributed by atoms with E-state index in [2.05, 4.69) is 6.92 Å². The molecule has 3 heteroatoms. The van der Waals surface area contributed by atoms with Crippen LogP contribution in [0.1, 0.15) is 32.6 Å². The molecule has 0 aromatic heterocycles. The summed E-state index contributed by atoms with van der Waals surface area (Å²) in [5.74, 6) is 0.864. The van der Waals surface area contributed by atoms with Gasteiger partial charge in [0.15, 0.2) is 0 Å². The van der Waals surface area contributed by atoms with E-state index >= 15 is 0 Å². The van der Waals surface area contributed by atoms with Crippen LogP contribution in [0.25, 0.3) is 0 Å². The smallest absolute Gasteiger partial charge is 0.222 e. The summed E-state index contributed by atoms with van der Waals surface area (Å²) in [6, 6.07) is 0. The molecule has 1 rings (SSSR count). The van der Waals surface area contributed by atoms with E-state index in [0.29, 0.717) is 18.2 Å². The lowest BCUT2D eigenvalue weighted by Crippen LogP contribution is -2.40. The minimum Gasteiger partial charge on any atom is -0.384 e. The Morgan fingerprint density at radius 2 is 2.36 bits per heavy atom. The molecule has 1 aliphatic rings. The normalized spacial score (nSPS) is 22.4. The number of methoxy groups -OCH3 is 1. The minimum absolute atomic E-state index is 0.313. The lowest BCUT2D eigenvalue weighted by molar-refractivity contribution is -0.133. The Balaban J connectivity index is 2.35. The highest BCUT2D eigenvalue weighted by Crippen LogP contribution is 2.17. The number of amides is 1. The van der Waals surface area contributed by atoms with E-state index in [1.807, 2.05) is 4.90 Å². The molecule has 0 radical (unpaired) electrons. The van der Waals surface area contributed by atoms with Crippen LogP contribution in [0.3, 0.4) is 0 Å². The first-order valence-electron chi connectivity index (χ1n) is 5.54. The van der Waals surface area contributed by atoms with Crippen molar-refractivity contribution in [3.8, 4) is 0 Å². The van der Waals surface area contributed by atoms with Crippen molar-refractivity contribution in [2.75, 3.05) is 26.8 Å².